The van der Waals surface area contributed by atoms with E-state index in [2.05, 4.69) is 34.5 Å². The molecule has 1 N–H and O–H groups in total. The Kier molecular flexibility index (Phi) is 3.69. The Morgan fingerprint density at radius 1 is 1.13 bits per heavy atom. The van der Waals surface area contributed by atoms with Crippen LogP contribution < -0.4 is 5.32 Å². The number of aryl methyl sites for hydroxylation is 1. The van der Waals surface area contributed by atoms with Gasteiger partial charge in [-0.25, -0.2) is 4.98 Å². The van der Waals surface area contributed by atoms with Crippen molar-refractivity contribution in [2.75, 3.05) is 5.32 Å². The largest absolute Gasteiger partial charge is 0.367 e. The van der Waals surface area contributed by atoms with Crippen LogP contribution in [0.2, 0.25) is 0 Å². The molecule has 0 bridgehead atoms. The van der Waals surface area contributed by atoms with Gasteiger partial charge in [-0.1, -0.05) is 19.3 Å². The van der Waals surface area contributed by atoms with E-state index in [0.717, 1.165) is 28.3 Å². The van der Waals surface area contributed by atoms with E-state index in [4.69, 9.17) is 4.98 Å². The first kappa shape index (κ1) is 14.2. The van der Waals surface area contributed by atoms with E-state index in [1.807, 2.05) is 23.0 Å². The van der Waals surface area contributed by atoms with Crippen LogP contribution in [0.3, 0.4) is 0 Å². The lowest BCUT2D eigenvalue weighted by molar-refractivity contribution is 0.461. The highest BCUT2D eigenvalue weighted by atomic mass is 15.3. The molecule has 4 rings (SSSR count). The summed E-state index contributed by atoms with van der Waals surface area (Å²) in [7, 11) is 0. The first-order chi connectivity index (χ1) is 11.3. The standard InChI is InChI=1S/C18H21N5/c1-13-9-14(12-19-11-13)16-10-18(21-15-5-3-2-4-6-15)23-17(22-16)7-8-20-23/h7-12,15,21H,2-6H2,1H3. The predicted molar refractivity (Wildman–Crippen MR) is 91.5 cm³/mol. The molecule has 1 fully saturated rings. The van der Waals surface area contributed by atoms with Crippen molar-refractivity contribution in [2.45, 2.75) is 45.1 Å². The molecule has 0 atom stereocenters. The summed E-state index contributed by atoms with van der Waals surface area (Å²) in [5, 5.41) is 8.09. The zero-order valence-electron chi connectivity index (χ0n) is 13.4. The normalized spacial score (nSPS) is 15.9. The second-order valence-electron chi connectivity index (χ2n) is 6.36. The molecule has 0 aromatic carbocycles. The van der Waals surface area contributed by atoms with Crippen LogP contribution in [0.25, 0.3) is 16.9 Å². The van der Waals surface area contributed by atoms with E-state index >= 15 is 0 Å². The summed E-state index contributed by atoms with van der Waals surface area (Å²) in [6.07, 6.45) is 11.9. The van der Waals surface area contributed by atoms with Crippen LogP contribution in [-0.4, -0.2) is 25.6 Å². The van der Waals surface area contributed by atoms with Crippen molar-refractivity contribution in [3.63, 3.8) is 0 Å². The molecular formula is C18H21N5. The molecule has 1 saturated carbocycles. The first-order valence-corrected chi connectivity index (χ1v) is 8.33. The number of anilines is 1. The van der Waals surface area contributed by atoms with Gasteiger partial charge >= 0.3 is 0 Å². The third-order valence-corrected chi connectivity index (χ3v) is 4.49. The van der Waals surface area contributed by atoms with Gasteiger partial charge in [-0.15, -0.1) is 0 Å². The van der Waals surface area contributed by atoms with Crippen LogP contribution in [0.1, 0.15) is 37.7 Å². The van der Waals surface area contributed by atoms with Crippen molar-refractivity contribution in [3.05, 3.63) is 42.4 Å². The van der Waals surface area contributed by atoms with Gasteiger partial charge in [0.2, 0.25) is 0 Å². The number of nitrogens with zero attached hydrogens (tertiary/aromatic N) is 4. The monoisotopic (exact) mass is 307 g/mol. The van der Waals surface area contributed by atoms with Crippen molar-refractivity contribution < 1.29 is 0 Å². The van der Waals surface area contributed by atoms with Crippen LogP contribution in [0.4, 0.5) is 5.82 Å². The molecule has 1 aliphatic carbocycles. The maximum Gasteiger partial charge on any atom is 0.157 e. The molecule has 0 radical (unpaired) electrons. The van der Waals surface area contributed by atoms with Gasteiger partial charge in [-0.2, -0.15) is 9.61 Å². The van der Waals surface area contributed by atoms with Gasteiger partial charge in [0.25, 0.3) is 0 Å². The number of hydrogen-bond acceptors (Lipinski definition) is 4. The number of hydrogen-bond donors (Lipinski definition) is 1. The Labute approximate surface area is 135 Å². The quantitative estimate of drug-likeness (QED) is 0.798. The maximum atomic E-state index is 4.72. The highest BCUT2D eigenvalue weighted by molar-refractivity contribution is 5.66. The predicted octanol–water partition coefficient (Wildman–Crippen LogP) is 3.84. The minimum Gasteiger partial charge on any atom is -0.367 e. The average Bonchev–Trinajstić information content (AvgIpc) is 3.05. The third-order valence-electron chi connectivity index (χ3n) is 4.49. The Morgan fingerprint density at radius 2 is 2.00 bits per heavy atom. The minimum absolute atomic E-state index is 0.530. The summed E-state index contributed by atoms with van der Waals surface area (Å²) < 4.78 is 1.89. The van der Waals surface area contributed by atoms with Gasteiger partial charge in [0.05, 0.1) is 11.9 Å². The number of pyridine rings is 1. The Balaban J connectivity index is 1.74. The molecule has 0 aliphatic heterocycles. The molecule has 118 valence electrons. The summed E-state index contributed by atoms with van der Waals surface area (Å²) in [5.41, 5.74) is 3.98. The van der Waals surface area contributed by atoms with Crippen molar-refractivity contribution >= 4 is 11.5 Å². The number of aromatic nitrogens is 4. The third kappa shape index (κ3) is 2.91. The lowest BCUT2D eigenvalue weighted by Gasteiger charge is -2.24. The molecule has 5 heteroatoms. The van der Waals surface area contributed by atoms with Crippen molar-refractivity contribution in [2.24, 2.45) is 0 Å². The van der Waals surface area contributed by atoms with Crippen molar-refractivity contribution in [1.82, 2.24) is 19.6 Å². The summed E-state index contributed by atoms with van der Waals surface area (Å²) >= 11 is 0. The Morgan fingerprint density at radius 3 is 2.83 bits per heavy atom. The topological polar surface area (TPSA) is 55.1 Å². The van der Waals surface area contributed by atoms with Crippen LogP contribution in [-0.2, 0) is 0 Å². The van der Waals surface area contributed by atoms with Crippen LogP contribution in [0.15, 0.2) is 36.8 Å². The van der Waals surface area contributed by atoms with Crippen LogP contribution in [0.5, 0.6) is 0 Å². The van der Waals surface area contributed by atoms with Gasteiger partial charge in [0.15, 0.2) is 5.65 Å². The molecule has 5 nitrogen and oxygen atoms in total. The van der Waals surface area contributed by atoms with Crippen molar-refractivity contribution in [3.8, 4) is 11.3 Å². The van der Waals surface area contributed by atoms with Gasteiger partial charge in [-0.05, 0) is 31.4 Å². The number of nitrogens with one attached hydrogen (secondary N) is 1. The SMILES string of the molecule is Cc1cncc(-c2cc(NC3CCCCC3)n3nccc3n2)c1. The molecule has 0 saturated heterocycles. The smallest absolute Gasteiger partial charge is 0.157 e. The molecule has 0 spiro atoms. The zero-order chi connectivity index (χ0) is 15.6. The second-order valence-corrected chi connectivity index (χ2v) is 6.36. The Bertz CT molecular complexity index is 817. The fraction of sp³-hybridized carbons (Fsp3) is 0.389. The summed E-state index contributed by atoms with van der Waals surface area (Å²) in [6, 6.07) is 6.68. The Hall–Kier alpha value is -2.43. The zero-order valence-corrected chi connectivity index (χ0v) is 13.4. The minimum atomic E-state index is 0.530. The van der Waals surface area contributed by atoms with E-state index in [0.29, 0.717) is 6.04 Å². The van der Waals surface area contributed by atoms with E-state index in [1.54, 1.807) is 6.20 Å². The maximum absolute atomic E-state index is 4.72. The van der Waals surface area contributed by atoms with E-state index in [-0.39, 0.29) is 0 Å². The molecule has 3 aromatic rings. The average molecular weight is 307 g/mol. The van der Waals surface area contributed by atoms with Gasteiger partial charge in [0.1, 0.15) is 5.82 Å². The first-order valence-electron chi connectivity index (χ1n) is 8.33. The highest BCUT2D eigenvalue weighted by Gasteiger charge is 2.16. The van der Waals surface area contributed by atoms with Crippen LogP contribution in [0, 0.1) is 6.92 Å². The van der Waals surface area contributed by atoms with E-state index in [9.17, 15) is 0 Å². The molecule has 0 unspecified atom stereocenters. The fourth-order valence-electron chi connectivity index (χ4n) is 3.31. The summed E-state index contributed by atoms with van der Waals surface area (Å²) in [5.74, 6) is 1.02. The van der Waals surface area contributed by atoms with Crippen LogP contribution >= 0.6 is 0 Å². The second kappa shape index (κ2) is 5.99. The number of fused-ring (bicyclic) bond motifs is 1. The van der Waals surface area contributed by atoms with E-state index in [1.165, 1.54) is 32.1 Å². The molecule has 3 aromatic heterocycles. The molecular weight excluding hydrogens is 286 g/mol. The van der Waals surface area contributed by atoms with Gasteiger partial charge in [-0.3, -0.25) is 4.98 Å². The lowest BCUT2D eigenvalue weighted by atomic mass is 9.95. The van der Waals surface area contributed by atoms with E-state index < -0.39 is 0 Å². The van der Waals surface area contributed by atoms with Crippen molar-refractivity contribution in [1.29, 1.82) is 0 Å². The van der Waals surface area contributed by atoms with Gasteiger partial charge in [0, 0.05) is 36.1 Å². The fourth-order valence-corrected chi connectivity index (χ4v) is 3.31. The molecule has 0 amide bonds. The summed E-state index contributed by atoms with van der Waals surface area (Å²) in [4.78, 5) is 9.01. The number of rotatable bonds is 3. The molecule has 3 heterocycles. The molecule has 1 aliphatic rings. The summed E-state index contributed by atoms with van der Waals surface area (Å²) in [6.45, 7) is 2.05. The van der Waals surface area contributed by atoms with Gasteiger partial charge < -0.3 is 5.32 Å². The highest BCUT2D eigenvalue weighted by Crippen LogP contribution is 2.25. The molecule has 23 heavy (non-hydrogen) atoms. The lowest BCUT2D eigenvalue weighted by Crippen LogP contribution is -2.23.